The smallest absolute Gasteiger partial charge is 0.240 e. The molecule has 0 aliphatic carbocycles. The fraction of sp³-hybridized carbons (Fsp3) is 0.235. The standard InChI is InChI=1S/C17H18Cl2N2O3S/c1-25(23,24)21(16-8-7-14(18)11-15(16)19)12-17(22)20-10-9-13-5-3-2-4-6-13/h2-8,11H,9-10,12H2,1H3,(H,20,22). The van der Waals surface area contributed by atoms with Gasteiger partial charge in [0.1, 0.15) is 6.54 Å². The van der Waals surface area contributed by atoms with E-state index in [1.807, 2.05) is 30.3 Å². The van der Waals surface area contributed by atoms with E-state index in [0.29, 0.717) is 18.0 Å². The van der Waals surface area contributed by atoms with Crippen LogP contribution in [-0.2, 0) is 21.2 Å². The molecule has 1 amide bonds. The summed E-state index contributed by atoms with van der Waals surface area (Å²) in [6.45, 7) is 0.0593. The highest BCUT2D eigenvalue weighted by atomic mass is 35.5. The summed E-state index contributed by atoms with van der Waals surface area (Å²) < 4.78 is 25.1. The summed E-state index contributed by atoms with van der Waals surface area (Å²) in [4.78, 5) is 12.2. The van der Waals surface area contributed by atoms with Crippen LogP contribution in [0.3, 0.4) is 0 Å². The van der Waals surface area contributed by atoms with Crippen LogP contribution in [0.4, 0.5) is 5.69 Å². The van der Waals surface area contributed by atoms with Crippen LogP contribution in [-0.4, -0.2) is 33.7 Å². The first-order valence-electron chi connectivity index (χ1n) is 7.51. The Kier molecular flexibility index (Phi) is 6.70. The summed E-state index contributed by atoms with van der Waals surface area (Å²) in [6, 6.07) is 14.1. The number of rotatable bonds is 7. The summed E-state index contributed by atoms with van der Waals surface area (Å²) in [5, 5.41) is 3.27. The topological polar surface area (TPSA) is 66.5 Å². The molecule has 1 N–H and O–H groups in total. The van der Waals surface area contributed by atoms with E-state index in [-0.39, 0.29) is 17.3 Å². The minimum Gasteiger partial charge on any atom is -0.354 e. The maximum atomic E-state index is 12.2. The molecular weight excluding hydrogens is 383 g/mol. The van der Waals surface area contributed by atoms with Crippen molar-refractivity contribution in [3.63, 3.8) is 0 Å². The zero-order chi connectivity index (χ0) is 18.4. The molecule has 25 heavy (non-hydrogen) atoms. The van der Waals surface area contributed by atoms with E-state index in [1.165, 1.54) is 18.2 Å². The van der Waals surface area contributed by atoms with Crippen LogP contribution >= 0.6 is 23.2 Å². The lowest BCUT2D eigenvalue weighted by atomic mass is 10.1. The third-order valence-corrected chi connectivity index (χ3v) is 5.11. The predicted octanol–water partition coefficient (Wildman–Crippen LogP) is 3.12. The van der Waals surface area contributed by atoms with Gasteiger partial charge in [-0.25, -0.2) is 8.42 Å². The van der Waals surface area contributed by atoms with Crippen LogP contribution in [0.15, 0.2) is 48.5 Å². The highest BCUT2D eigenvalue weighted by Crippen LogP contribution is 2.30. The minimum atomic E-state index is -3.68. The first-order valence-corrected chi connectivity index (χ1v) is 10.1. The van der Waals surface area contributed by atoms with Gasteiger partial charge in [0.25, 0.3) is 0 Å². The molecule has 0 saturated heterocycles. The van der Waals surface area contributed by atoms with Crippen molar-refractivity contribution in [2.45, 2.75) is 6.42 Å². The third-order valence-electron chi connectivity index (χ3n) is 3.44. The largest absolute Gasteiger partial charge is 0.354 e. The molecule has 134 valence electrons. The average molecular weight is 401 g/mol. The molecule has 0 heterocycles. The van der Waals surface area contributed by atoms with E-state index >= 15 is 0 Å². The Morgan fingerprint density at radius 2 is 1.80 bits per heavy atom. The predicted molar refractivity (Wildman–Crippen MR) is 102 cm³/mol. The van der Waals surface area contributed by atoms with Gasteiger partial charge in [0.05, 0.1) is 17.0 Å². The molecule has 0 unspecified atom stereocenters. The fourth-order valence-electron chi connectivity index (χ4n) is 2.24. The molecule has 0 aliphatic rings. The molecule has 0 aliphatic heterocycles. The van der Waals surface area contributed by atoms with Gasteiger partial charge in [-0.1, -0.05) is 53.5 Å². The molecule has 8 heteroatoms. The Morgan fingerprint density at radius 1 is 1.12 bits per heavy atom. The van der Waals surface area contributed by atoms with E-state index in [0.717, 1.165) is 16.1 Å². The van der Waals surface area contributed by atoms with Crippen LogP contribution in [0.5, 0.6) is 0 Å². The summed E-state index contributed by atoms with van der Waals surface area (Å²) in [7, 11) is -3.68. The maximum absolute atomic E-state index is 12.2. The van der Waals surface area contributed by atoms with Gasteiger partial charge in [0, 0.05) is 11.6 Å². The van der Waals surface area contributed by atoms with Crippen molar-refractivity contribution in [1.29, 1.82) is 0 Å². The van der Waals surface area contributed by atoms with Gasteiger partial charge in [-0.2, -0.15) is 0 Å². The number of hydrogen-bond acceptors (Lipinski definition) is 3. The Balaban J connectivity index is 2.03. The van der Waals surface area contributed by atoms with E-state index < -0.39 is 15.9 Å². The lowest BCUT2D eigenvalue weighted by molar-refractivity contribution is -0.119. The highest BCUT2D eigenvalue weighted by molar-refractivity contribution is 7.92. The van der Waals surface area contributed by atoms with Crippen molar-refractivity contribution in [3.05, 3.63) is 64.1 Å². The zero-order valence-corrected chi connectivity index (χ0v) is 15.9. The first kappa shape index (κ1) is 19.6. The number of benzene rings is 2. The quantitative estimate of drug-likeness (QED) is 0.775. The number of anilines is 1. The lowest BCUT2D eigenvalue weighted by Crippen LogP contribution is -2.41. The maximum Gasteiger partial charge on any atom is 0.240 e. The SMILES string of the molecule is CS(=O)(=O)N(CC(=O)NCCc1ccccc1)c1ccc(Cl)cc1Cl. The molecule has 0 atom stereocenters. The second kappa shape index (κ2) is 8.56. The van der Waals surface area contributed by atoms with Gasteiger partial charge in [-0.15, -0.1) is 0 Å². The summed E-state index contributed by atoms with van der Waals surface area (Å²) in [5.41, 5.74) is 1.30. The zero-order valence-electron chi connectivity index (χ0n) is 13.6. The van der Waals surface area contributed by atoms with Crippen molar-refractivity contribution in [3.8, 4) is 0 Å². The van der Waals surface area contributed by atoms with Gasteiger partial charge in [0.2, 0.25) is 15.9 Å². The molecular formula is C17H18Cl2N2O3S. The van der Waals surface area contributed by atoms with Gasteiger partial charge in [-0.05, 0) is 30.2 Å². The second-order valence-corrected chi connectivity index (χ2v) is 8.20. The summed E-state index contributed by atoms with van der Waals surface area (Å²) >= 11 is 11.9. The molecule has 0 fully saturated rings. The second-order valence-electron chi connectivity index (χ2n) is 5.45. The number of hydrogen-bond donors (Lipinski definition) is 1. The first-order chi connectivity index (χ1) is 11.8. The number of sulfonamides is 1. The molecule has 0 aromatic heterocycles. The average Bonchev–Trinajstić information content (AvgIpc) is 2.53. The van der Waals surface area contributed by atoms with Crippen molar-refractivity contribution in [2.24, 2.45) is 0 Å². The van der Waals surface area contributed by atoms with Crippen LogP contribution in [0.1, 0.15) is 5.56 Å². The Hall–Kier alpha value is -1.76. The van der Waals surface area contributed by atoms with Crippen molar-refractivity contribution >= 4 is 44.8 Å². The van der Waals surface area contributed by atoms with E-state index in [1.54, 1.807) is 0 Å². The number of nitrogens with zero attached hydrogens (tertiary/aromatic N) is 1. The number of halogens is 2. The molecule has 2 aromatic rings. The molecule has 0 saturated carbocycles. The third kappa shape index (κ3) is 5.92. The normalized spacial score (nSPS) is 11.2. The Morgan fingerprint density at radius 3 is 2.40 bits per heavy atom. The summed E-state index contributed by atoms with van der Waals surface area (Å²) in [5.74, 6) is -0.410. The van der Waals surface area contributed by atoms with Crippen LogP contribution in [0, 0.1) is 0 Å². The van der Waals surface area contributed by atoms with Crippen LogP contribution in [0.2, 0.25) is 10.0 Å². The highest BCUT2D eigenvalue weighted by Gasteiger charge is 2.23. The molecule has 5 nitrogen and oxygen atoms in total. The van der Waals surface area contributed by atoms with Gasteiger partial charge in [-0.3, -0.25) is 9.10 Å². The minimum absolute atomic E-state index is 0.162. The van der Waals surface area contributed by atoms with Crippen molar-refractivity contribution in [2.75, 3.05) is 23.7 Å². The Bertz CT molecular complexity index is 842. The van der Waals surface area contributed by atoms with Crippen LogP contribution in [0.25, 0.3) is 0 Å². The number of carbonyl (C=O) groups excluding carboxylic acids is 1. The van der Waals surface area contributed by atoms with Gasteiger partial charge < -0.3 is 5.32 Å². The fourth-order valence-corrected chi connectivity index (χ4v) is 3.67. The van der Waals surface area contributed by atoms with Crippen molar-refractivity contribution in [1.82, 2.24) is 5.32 Å². The van der Waals surface area contributed by atoms with E-state index in [2.05, 4.69) is 5.32 Å². The van der Waals surface area contributed by atoms with Crippen molar-refractivity contribution < 1.29 is 13.2 Å². The van der Waals surface area contributed by atoms with Crippen LogP contribution < -0.4 is 9.62 Å². The van der Waals surface area contributed by atoms with Gasteiger partial charge >= 0.3 is 0 Å². The number of carbonyl (C=O) groups is 1. The molecule has 0 bridgehead atoms. The van der Waals surface area contributed by atoms with E-state index in [9.17, 15) is 13.2 Å². The summed E-state index contributed by atoms with van der Waals surface area (Å²) in [6.07, 6.45) is 1.68. The van der Waals surface area contributed by atoms with E-state index in [4.69, 9.17) is 23.2 Å². The lowest BCUT2D eigenvalue weighted by Gasteiger charge is -2.23. The Labute approximate surface area is 157 Å². The molecule has 2 rings (SSSR count). The molecule has 0 spiro atoms. The van der Waals surface area contributed by atoms with Gasteiger partial charge in [0.15, 0.2) is 0 Å². The monoisotopic (exact) mass is 400 g/mol. The number of nitrogens with one attached hydrogen (secondary N) is 1. The molecule has 2 aromatic carbocycles. The number of amides is 1. The molecule has 0 radical (unpaired) electrons.